The Morgan fingerprint density at radius 3 is 2.27 bits per heavy atom. The number of aromatic nitrogens is 5. The number of benzene rings is 2. The highest BCUT2D eigenvalue weighted by molar-refractivity contribution is 6.35. The fraction of sp³-hybridized carbons (Fsp3) is 0.154. The van der Waals surface area contributed by atoms with Crippen molar-refractivity contribution in [3.8, 4) is 23.4 Å². The van der Waals surface area contributed by atoms with Crippen LogP contribution in [0.5, 0.6) is 23.4 Å². The fourth-order valence-corrected chi connectivity index (χ4v) is 4.30. The van der Waals surface area contributed by atoms with Crippen molar-refractivity contribution in [2.24, 2.45) is 14.1 Å². The van der Waals surface area contributed by atoms with Crippen LogP contribution < -0.4 is 20.7 Å². The van der Waals surface area contributed by atoms with Crippen molar-refractivity contribution in [1.82, 2.24) is 23.7 Å². The summed E-state index contributed by atoms with van der Waals surface area (Å²) in [5.74, 6) is 1.15. The second-order valence-electron chi connectivity index (χ2n) is 8.40. The maximum atomic E-state index is 13.1. The van der Waals surface area contributed by atoms with Gasteiger partial charge < -0.3 is 9.47 Å². The highest BCUT2D eigenvalue weighted by Crippen LogP contribution is 2.31. The predicted octanol–water partition coefficient (Wildman–Crippen LogP) is 5.08. The van der Waals surface area contributed by atoms with E-state index in [9.17, 15) is 9.59 Å². The monoisotopic (exact) mass is 537 g/mol. The van der Waals surface area contributed by atoms with Crippen LogP contribution in [0.4, 0.5) is 0 Å². The van der Waals surface area contributed by atoms with Gasteiger partial charge in [-0.15, -0.1) is 0 Å². The third kappa shape index (κ3) is 4.71. The van der Waals surface area contributed by atoms with Gasteiger partial charge in [0.05, 0.1) is 11.6 Å². The van der Waals surface area contributed by atoms with Crippen molar-refractivity contribution in [1.29, 1.82) is 0 Å². The van der Waals surface area contributed by atoms with Crippen molar-refractivity contribution >= 4 is 34.4 Å². The van der Waals surface area contributed by atoms with Gasteiger partial charge in [0.1, 0.15) is 16.5 Å². The third-order valence-electron chi connectivity index (χ3n) is 5.92. The molecule has 0 radical (unpaired) electrons. The Balaban J connectivity index is 1.53. The number of aryl methyl sites for hydroxylation is 2. The van der Waals surface area contributed by atoms with E-state index >= 15 is 0 Å². The number of halogens is 2. The van der Waals surface area contributed by atoms with Gasteiger partial charge >= 0.3 is 11.7 Å². The van der Waals surface area contributed by atoms with Crippen LogP contribution in [0, 0.1) is 6.92 Å². The van der Waals surface area contributed by atoms with Gasteiger partial charge in [-0.2, -0.15) is 4.98 Å². The fourth-order valence-electron chi connectivity index (χ4n) is 3.88. The summed E-state index contributed by atoms with van der Waals surface area (Å²) < 4.78 is 15.9. The summed E-state index contributed by atoms with van der Waals surface area (Å²) in [6.07, 6.45) is 1.44. The summed E-state index contributed by atoms with van der Waals surface area (Å²) in [6.45, 7) is 2.32. The van der Waals surface area contributed by atoms with Crippen LogP contribution in [-0.4, -0.2) is 23.7 Å². The molecule has 3 heterocycles. The van der Waals surface area contributed by atoms with Crippen molar-refractivity contribution in [2.45, 2.75) is 13.5 Å². The van der Waals surface area contributed by atoms with E-state index in [0.717, 1.165) is 15.7 Å². The normalized spacial score (nSPS) is 11.2. The minimum absolute atomic E-state index is 0.174. The molecule has 3 aromatic heterocycles. The van der Waals surface area contributed by atoms with E-state index in [4.69, 9.17) is 32.7 Å². The van der Waals surface area contributed by atoms with Crippen molar-refractivity contribution in [3.05, 3.63) is 103 Å². The molecule has 0 fully saturated rings. The zero-order valence-corrected chi connectivity index (χ0v) is 21.6. The van der Waals surface area contributed by atoms with Crippen LogP contribution in [0.3, 0.4) is 0 Å². The Labute approximate surface area is 221 Å². The molecule has 5 aromatic rings. The molecule has 0 N–H and O–H groups in total. The van der Waals surface area contributed by atoms with E-state index in [1.54, 1.807) is 41.9 Å². The molecule has 11 heteroatoms. The van der Waals surface area contributed by atoms with Gasteiger partial charge in [0, 0.05) is 20.3 Å². The summed E-state index contributed by atoms with van der Waals surface area (Å²) >= 11 is 12.0. The number of hydrogen-bond donors (Lipinski definition) is 0. The summed E-state index contributed by atoms with van der Waals surface area (Å²) in [4.78, 5) is 34.3. The average Bonchev–Trinajstić information content (AvgIpc) is 3.23. The quantitative estimate of drug-likeness (QED) is 0.300. The molecule has 0 bridgehead atoms. The number of imidazole rings is 1. The number of rotatable bonds is 6. The molecule has 5 rings (SSSR count). The minimum Gasteiger partial charge on any atom is -0.438 e. The minimum atomic E-state index is -0.472. The molecule has 0 saturated heterocycles. The van der Waals surface area contributed by atoms with Crippen LogP contribution in [0.2, 0.25) is 10.0 Å². The van der Waals surface area contributed by atoms with Gasteiger partial charge in [-0.25, -0.2) is 9.78 Å². The van der Waals surface area contributed by atoms with Crippen molar-refractivity contribution < 1.29 is 9.47 Å². The molecule has 0 aliphatic heterocycles. The van der Waals surface area contributed by atoms with Crippen molar-refractivity contribution in [3.63, 3.8) is 0 Å². The van der Waals surface area contributed by atoms with E-state index < -0.39 is 11.2 Å². The lowest BCUT2D eigenvalue weighted by molar-refractivity contribution is 0.418. The van der Waals surface area contributed by atoms with E-state index in [0.29, 0.717) is 23.1 Å². The number of hydrogen-bond acceptors (Lipinski definition) is 6. The predicted molar refractivity (Wildman–Crippen MR) is 141 cm³/mol. The third-order valence-corrected chi connectivity index (χ3v) is 6.40. The van der Waals surface area contributed by atoms with Gasteiger partial charge in [0.2, 0.25) is 5.88 Å². The maximum absolute atomic E-state index is 13.1. The molecule has 0 aliphatic carbocycles. The molecule has 0 aliphatic rings. The number of nitrogens with zero attached hydrogens (tertiary/aromatic N) is 5. The van der Waals surface area contributed by atoms with Crippen LogP contribution in [0.25, 0.3) is 11.2 Å². The van der Waals surface area contributed by atoms with Gasteiger partial charge in [-0.3, -0.25) is 18.5 Å². The highest BCUT2D eigenvalue weighted by atomic mass is 35.5. The van der Waals surface area contributed by atoms with Crippen LogP contribution in [-0.2, 0) is 20.6 Å². The lowest BCUT2D eigenvalue weighted by Crippen LogP contribution is -2.37. The second-order valence-corrected chi connectivity index (χ2v) is 9.24. The van der Waals surface area contributed by atoms with Crippen molar-refractivity contribution in [2.75, 3.05) is 0 Å². The Kier molecular flexibility index (Phi) is 6.49. The molecule has 0 atom stereocenters. The Morgan fingerprint density at radius 1 is 0.919 bits per heavy atom. The first-order chi connectivity index (χ1) is 17.7. The standard InChI is InChI=1S/C26H21Cl2N5O4/c1-15-6-4-5-7-16(15)14-33-21-22(31(2)26(35)32(3)24(21)34)30-25(33)37-19-10-8-18(9-11-19)36-23-20(28)12-17(27)13-29-23/h4-13H,14H2,1-3H3. The zero-order valence-electron chi connectivity index (χ0n) is 20.1. The van der Waals surface area contributed by atoms with E-state index in [1.807, 2.05) is 31.2 Å². The number of fused-ring (bicyclic) bond motifs is 1. The smallest absolute Gasteiger partial charge is 0.332 e. The Hall–Kier alpha value is -4.08. The summed E-state index contributed by atoms with van der Waals surface area (Å²) in [5, 5.41) is 0.687. The van der Waals surface area contributed by atoms with Gasteiger partial charge in [0.15, 0.2) is 11.2 Å². The van der Waals surface area contributed by atoms with Crippen LogP contribution in [0.15, 0.2) is 70.4 Å². The topological polar surface area (TPSA) is 93.2 Å². The van der Waals surface area contributed by atoms with Gasteiger partial charge in [-0.05, 0) is 48.4 Å². The molecule has 0 spiro atoms. The molecular formula is C26H21Cl2N5O4. The summed E-state index contributed by atoms with van der Waals surface area (Å²) in [7, 11) is 3.01. The van der Waals surface area contributed by atoms with E-state index in [2.05, 4.69) is 9.97 Å². The average molecular weight is 538 g/mol. The molecule has 2 aromatic carbocycles. The summed E-state index contributed by atoms with van der Waals surface area (Å²) in [5.41, 5.74) is 1.61. The van der Waals surface area contributed by atoms with Crippen LogP contribution >= 0.6 is 23.2 Å². The van der Waals surface area contributed by atoms with Crippen LogP contribution in [0.1, 0.15) is 11.1 Å². The van der Waals surface area contributed by atoms with E-state index in [1.165, 1.54) is 17.8 Å². The first kappa shape index (κ1) is 24.6. The largest absolute Gasteiger partial charge is 0.438 e. The first-order valence-corrected chi connectivity index (χ1v) is 12.0. The lowest BCUT2D eigenvalue weighted by atomic mass is 10.1. The second kappa shape index (κ2) is 9.76. The molecular weight excluding hydrogens is 517 g/mol. The summed E-state index contributed by atoms with van der Waals surface area (Å²) in [6, 6.07) is 16.3. The molecule has 37 heavy (non-hydrogen) atoms. The molecule has 0 saturated carbocycles. The van der Waals surface area contributed by atoms with Gasteiger partial charge in [0.25, 0.3) is 5.56 Å². The van der Waals surface area contributed by atoms with Gasteiger partial charge in [-0.1, -0.05) is 47.5 Å². The Bertz CT molecular complexity index is 1760. The number of ether oxygens (including phenoxy) is 2. The molecule has 188 valence electrons. The number of pyridine rings is 1. The zero-order chi connectivity index (χ0) is 26.3. The Morgan fingerprint density at radius 2 is 1.59 bits per heavy atom. The molecule has 0 unspecified atom stereocenters. The lowest BCUT2D eigenvalue weighted by Gasteiger charge is -2.12. The highest BCUT2D eigenvalue weighted by Gasteiger charge is 2.21. The molecule has 9 nitrogen and oxygen atoms in total. The SMILES string of the molecule is Cc1ccccc1Cn1c(Oc2ccc(Oc3ncc(Cl)cc3Cl)cc2)nc2c1c(=O)n(C)c(=O)n2C. The maximum Gasteiger partial charge on any atom is 0.332 e. The first-order valence-electron chi connectivity index (χ1n) is 11.2. The molecule has 0 amide bonds. The van der Waals surface area contributed by atoms with E-state index in [-0.39, 0.29) is 28.1 Å².